The molecule has 0 spiro atoms. The van der Waals surface area contributed by atoms with Gasteiger partial charge < -0.3 is 10.1 Å². The number of benzene rings is 1. The Labute approximate surface area is 174 Å². The van der Waals surface area contributed by atoms with E-state index in [2.05, 4.69) is 15.5 Å². The molecule has 1 aliphatic heterocycles. The Kier molecular flexibility index (Phi) is 6.26. The lowest BCUT2D eigenvalue weighted by Crippen LogP contribution is -2.38. The molecule has 1 aliphatic rings. The summed E-state index contributed by atoms with van der Waals surface area (Å²) in [5.74, 6) is 0.957. The summed E-state index contributed by atoms with van der Waals surface area (Å²) in [7, 11) is 0. The van der Waals surface area contributed by atoms with Gasteiger partial charge in [0.15, 0.2) is 5.82 Å². The monoisotopic (exact) mass is 419 g/mol. The van der Waals surface area contributed by atoms with E-state index in [1.54, 1.807) is 16.8 Å². The lowest BCUT2D eigenvalue weighted by molar-refractivity contribution is 0.0482. The third kappa shape index (κ3) is 5.14. The lowest BCUT2D eigenvalue weighted by Gasteiger charge is -2.26. The summed E-state index contributed by atoms with van der Waals surface area (Å²) in [6.07, 6.45) is 0.316. The Bertz CT molecular complexity index is 905. The summed E-state index contributed by atoms with van der Waals surface area (Å²) in [5.41, 5.74) is 1.03. The zero-order chi connectivity index (χ0) is 21.2. The van der Waals surface area contributed by atoms with Gasteiger partial charge in [-0.25, -0.2) is 9.18 Å². The van der Waals surface area contributed by atoms with Gasteiger partial charge in [-0.3, -0.25) is 0 Å². The lowest BCUT2D eigenvalue weighted by atomic mass is 9.99. The molecular weight excluding hydrogens is 393 g/mol. The molecule has 0 aliphatic carbocycles. The molecule has 156 valence electrons. The van der Waals surface area contributed by atoms with Gasteiger partial charge in [-0.2, -0.15) is 9.78 Å². The van der Waals surface area contributed by atoms with Crippen LogP contribution in [0.5, 0.6) is 0 Å². The first-order valence-electron chi connectivity index (χ1n) is 9.59. The number of nitrogens with zero attached hydrogens (tertiary/aromatic N) is 4. The molecule has 3 rings (SSSR count). The van der Waals surface area contributed by atoms with E-state index in [4.69, 9.17) is 9.84 Å². The van der Waals surface area contributed by atoms with Crippen LogP contribution in [-0.4, -0.2) is 38.0 Å². The molecule has 0 saturated heterocycles. The summed E-state index contributed by atoms with van der Waals surface area (Å²) < 4.78 is 20.3. The van der Waals surface area contributed by atoms with E-state index >= 15 is 0 Å². The van der Waals surface area contributed by atoms with Gasteiger partial charge in [-0.05, 0) is 44.4 Å². The molecule has 7 nitrogen and oxygen atoms in total. The Hall–Kier alpha value is -2.42. The number of hydrogen-bond acceptors (Lipinski definition) is 6. The second-order valence-corrected chi connectivity index (χ2v) is 8.95. The van der Waals surface area contributed by atoms with Crippen molar-refractivity contribution in [2.75, 3.05) is 5.75 Å². The van der Waals surface area contributed by atoms with Crippen molar-refractivity contribution < 1.29 is 13.9 Å². The van der Waals surface area contributed by atoms with Crippen LogP contribution in [0, 0.1) is 11.7 Å². The normalized spacial score (nSPS) is 15.9. The number of carbonyl (C=O) groups is 1. The SMILES string of the molecule is CCC(C)C(NC(=O)OC(C)(C)C)c1nnc2n1N=C(c1ccc(F)cc1)CS2. The van der Waals surface area contributed by atoms with Gasteiger partial charge >= 0.3 is 6.09 Å². The fraction of sp³-hybridized carbons (Fsp3) is 0.500. The van der Waals surface area contributed by atoms with E-state index in [1.165, 1.54) is 23.9 Å². The number of carbonyl (C=O) groups excluding carboxylic acids is 1. The number of amides is 1. The summed E-state index contributed by atoms with van der Waals surface area (Å²) in [4.78, 5) is 12.4. The molecule has 1 amide bonds. The van der Waals surface area contributed by atoms with Crippen molar-refractivity contribution in [3.63, 3.8) is 0 Å². The standard InChI is InChI=1S/C20H26FN5O2S/c1-6-12(2)16(22-19(27)28-20(3,4)5)17-23-24-18-26(17)25-15(11-29-18)13-7-9-14(21)10-8-13/h7-10,12,16H,6,11H2,1-5H3,(H,22,27). The molecular formula is C20H26FN5O2S. The molecule has 0 fully saturated rings. The van der Waals surface area contributed by atoms with Crippen LogP contribution in [0.15, 0.2) is 34.5 Å². The Balaban J connectivity index is 1.93. The Morgan fingerprint density at radius 1 is 1.31 bits per heavy atom. The molecule has 2 heterocycles. The molecule has 0 bridgehead atoms. The average Bonchev–Trinajstić information content (AvgIpc) is 3.07. The fourth-order valence-corrected chi connectivity index (χ4v) is 3.70. The number of halogens is 1. The number of fused-ring (bicyclic) bond motifs is 1. The molecule has 1 N–H and O–H groups in total. The number of nitrogens with one attached hydrogen (secondary N) is 1. The van der Waals surface area contributed by atoms with Crippen LogP contribution in [0.3, 0.4) is 0 Å². The van der Waals surface area contributed by atoms with Crippen LogP contribution in [0.4, 0.5) is 9.18 Å². The zero-order valence-electron chi connectivity index (χ0n) is 17.3. The van der Waals surface area contributed by atoms with E-state index in [0.29, 0.717) is 16.7 Å². The maximum Gasteiger partial charge on any atom is 0.408 e. The largest absolute Gasteiger partial charge is 0.444 e. The summed E-state index contributed by atoms with van der Waals surface area (Å²) in [6, 6.07) is 5.82. The van der Waals surface area contributed by atoms with E-state index in [9.17, 15) is 9.18 Å². The molecule has 0 saturated carbocycles. The first-order chi connectivity index (χ1) is 13.7. The molecule has 1 aromatic heterocycles. The highest BCUT2D eigenvalue weighted by Gasteiger charge is 2.31. The predicted octanol–water partition coefficient (Wildman–Crippen LogP) is 4.39. The van der Waals surface area contributed by atoms with Gasteiger partial charge in [-0.15, -0.1) is 10.2 Å². The number of thioether (sulfide) groups is 1. The van der Waals surface area contributed by atoms with Crippen LogP contribution >= 0.6 is 11.8 Å². The Morgan fingerprint density at radius 2 is 2.00 bits per heavy atom. The second kappa shape index (κ2) is 8.52. The molecule has 1 aromatic carbocycles. The third-order valence-electron chi connectivity index (χ3n) is 4.54. The van der Waals surface area contributed by atoms with Crippen LogP contribution < -0.4 is 5.32 Å². The molecule has 2 aromatic rings. The van der Waals surface area contributed by atoms with Gasteiger partial charge in [0.25, 0.3) is 0 Å². The van der Waals surface area contributed by atoms with Crippen molar-refractivity contribution in [2.45, 2.75) is 57.8 Å². The summed E-state index contributed by atoms with van der Waals surface area (Å²) in [5, 5.41) is 16.8. The van der Waals surface area contributed by atoms with Crippen LogP contribution in [0.2, 0.25) is 0 Å². The molecule has 9 heteroatoms. The van der Waals surface area contributed by atoms with E-state index in [-0.39, 0.29) is 11.7 Å². The first kappa shape index (κ1) is 21.3. The number of hydrogen-bond donors (Lipinski definition) is 1. The fourth-order valence-electron chi connectivity index (χ4n) is 2.85. The van der Waals surface area contributed by atoms with E-state index in [1.807, 2.05) is 34.6 Å². The smallest absolute Gasteiger partial charge is 0.408 e. The van der Waals surface area contributed by atoms with Crippen molar-refractivity contribution in [3.05, 3.63) is 41.5 Å². The highest BCUT2D eigenvalue weighted by molar-refractivity contribution is 7.99. The highest BCUT2D eigenvalue weighted by Crippen LogP contribution is 2.30. The first-order valence-corrected chi connectivity index (χ1v) is 10.6. The molecule has 29 heavy (non-hydrogen) atoms. The van der Waals surface area contributed by atoms with Gasteiger partial charge in [0.05, 0.1) is 11.8 Å². The minimum atomic E-state index is -0.599. The third-order valence-corrected chi connectivity index (χ3v) is 5.47. The van der Waals surface area contributed by atoms with Crippen LogP contribution in [0.25, 0.3) is 0 Å². The topological polar surface area (TPSA) is 81.4 Å². The number of aromatic nitrogens is 3. The van der Waals surface area contributed by atoms with E-state index in [0.717, 1.165) is 17.7 Å². The zero-order valence-corrected chi connectivity index (χ0v) is 18.1. The number of ether oxygens (including phenoxy) is 1. The van der Waals surface area contributed by atoms with Crippen molar-refractivity contribution in [1.82, 2.24) is 20.2 Å². The molecule has 2 unspecified atom stereocenters. The number of alkyl carbamates (subject to hydrolysis) is 1. The molecule has 0 radical (unpaired) electrons. The minimum absolute atomic E-state index is 0.0900. The second-order valence-electron chi connectivity index (χ2n) is 8.00. The van der Waals surface area contributed by atoms with E-state index < -0.39 is 17.7 Å². The van der Waals surface area contributed by atoms with Gasteiger partial charge in [0.1, 0.15) is 11.4 Å². The average molecular weight is 420 g/mol. The minimum Gasteiger partial charge on any atom is -0.444 e. The predicted molar refractivity (Wildman–Crippen MR) is 111 cm³/mol. The summed E-state index contributed by atoms with van der Waals surface area (Å²) >= 11 is 1.50. The van der Waals surface area contributed by atoms with Crippen LogP contribution in [0.1, 0.15) is 58.5 Å². The van der Waals surface area contributed by atoms with Crippen molar-refractivity contribution in [2.24, 2.45) is 11.0 Å². The number of rotatable bonds is 5. The Morgan fingerprint density at radius 3 is 2.62 bits per heavy atom. The summed E-state index contributed by atoms with van der Waals surface area (Å²) in [6.45, 7) is 9.53. The maximum atomic E-state index is 13.3. The molecule has 2 atom stereocenters. The van der Waals surface area contributed by atoms with Crippen LogP contribution in [-0.2, 0) is 4.74 Å². The van der Waals surface area contributed by atoms with Gasteiger partial charge in [0, 0.05) is 5.75 Å². The van der Waals surface area contributed by atoms with Crippen molar-refractivity contribution >= 4 is 23.6 Å². The van der Waals surface area contributed by atoms with Crippen molar-refractivity contribution in [1.29, 1.82) is 0 Å². The van der Waals surface area contributed by atoms with Crippen molar-refractivity contribution in [3.8, 4) is 0 Å². The highest BCUT2D eigenvalue weighted by atomic mass is 32.2. The maximum absolute atomic E-state index is 13.3. The van der Waals surface area contributed by atoms with Gasteiger partial charge in [0.2, 0.25) is 5.16 Å². The van der Waals surface area contributed by atoms with Gasteiger partial charge in [-0.1, -0.05) is 44.2 Å². The quantitative estimate of drug-likeness (QED) is 0.777.